The van der Waals surface area contributed by atoms with Crippen molar-refractivity contribution >= 4 is 49.7 Å². The molecule has 0 fully saturated rings. The van der Waals surface area contributed by atoms with Crippen molar-refractivity contribution in [3.05, 3.63) is 63.9 Å². The van der Waals surface area contributed by atoms with Crippen LogP contribution in [-0.2, 0) is 16.4 Å². The Morgan fingerprint density at radius 1 is 1.17 bits per heavy atom. The molecule has 1 heterocycles. The van der Waals surface area contributed by atoms with Gasteiger partial charge in [0.15, 0.2) is 0 Å². The summed E-state index contributed by atoms with van der Waals surface area (Å²) >= 11 is 7.33. The fourth-order valence-electron chi connectivity index (χ4n) is 2.48. The number of sulfonamides is 1. The van der Waals surface area contributed by atoms with Crippen molar-refractivity contribution in [3.63, 3.8) is 0 Å². The molecule has 11 heteroatoms. The summed E-state index contributed by atoms with van der Waals surface area (Å²) in [5.74, 6) is -1.03. The van der Waals surface area contributed by atoms with Crippen LogP contribution in [0.15, 0.2) is 47.4 Å². The van der Waals surface area contributed by atoms with Gasteiger partial charge in [-0.3, -0.25) is 14.8 Å². The average molecular weight is 469 g/mol. The third-order valence-electron chi connectivity index (χ3n) is 4.01. The van der Waals surface area contributed by atoms with Crippen molar-refractivity contribution in [1.29, 1.82) is 0 Å². The second kappa shape index (κ2) is 9.50. The van der Waals surface area contributed by atoms with Crippen LogP contribution in [-0.4, -0.2) is 24.5 Å². The van der Waals surface area contributed by atoms with Crippen molar-refractivity contribution < 1.29 is 17.6 Å². The molecular formula is C19H18ClFN4O3S2. The van der Waals surface area contributed by atoms with Crippen molar-refractivity contribution in [1.82, 2.24) is 10.2 Å². The first-order chi connectivity index (χ1) is 14.3. The lowest BCUT2D eigenvalue weighted by molar-refractivity contribution is 0.102. The number of halogens is 2. The van der Waals surface area contributed by atoms with Crippen LogP contribution < -0.4 is 10.0 Å². The van der Waals surface area contributed by atoms with E-state index in [1.807, 2.05) is 0 Å². The number of hydrogen-bond acceptors (Lipinski definition) is 6. The minimum absolute atomic E-state index is 0.0565. The largest absolute Gasteiger partial charge is 0.296 e. The van der Waals surface area contributed by atoms with E-state index in [0.717, 1.165) is 36.4 Å². The molecule has 7 nitrogen and oxygen atoms in total. The summed E-state index contributed by atoms with van der Waals surface area (Å²) in [5, 5.41) is 11.7. The molecule has 3 rings (SSSR count). The number of unbranched alkanes of at least 4 members (excludes halogenated alkanes) is 1. The summed E-state index contributed by atoms with van der Waals surface area (Å²) in [6, 6.07) is 8.71. The van der Waals surface area contributed by atoms with E-state index in [0.29, 0.717) is 5.13 Å². The molecule has 1 amide bonds. The van der Waals surface area contributed by atoms with E-state index < -0.39 is 21.7 Å². The van der Waals surface area contributed by atoms with Crippen LogP contribution in [0, 0.1) is 5.82 Å². The van der Waals surface area contributed by atoms with Gasteiger partial charge in [0.1, 0.15) is 15.7 Å². The molecule has 0 radical (unpaired) electrons. The minimum Gasteiger partial charge on any atom is -0.296 e. The van der Waals surface area contributed by atoms with Crippen molar-refractivity contribution in [2.24, 2.45) is 0 Å². The van der Waals surface area contributed by atoms with Gasteiger partial charge in [0.05, 0.1) is 5.02 Å². The van der Waals surface area contributed by atoms with E-state index in [2.05, 4.69) is 27.2 Å². The maximum Gasteiger partial charge on any atom is 0.263 e. The number of aryl methyl sites for hydroxylation is 1. The zero-order chi connectivity index (χ0) is 21.7. The first-order valence-corrected chi connectivity index (χ1v) is 11.7. The number of hydrogen-bond donors (Lipinski definition) is 2. The van der Waals surface area contributed by atoms with E-state index in [-0.39, 0.29) is 21.2 Å². The highest BCUT2D eigenvalue weighted by atomic mass is 35.5. The first kappa shape index (κ1) is 22.1. The molecule has 0 spiro atoms. The topological polar surface area (TPSA) is 101 Å². The number of aromatic nitrogens is 2. The van der Waals surface area contributed by atoms with Gasteiger partial charge in [-0.2, -0.15) is 0 Å². The van der Waals surface area contributed by atoms with Gasteiger partial charge in [-0.15, -0.1) is 10.2 Å². The van der Waals surface area contributed by atoms with Gasteiger partial charge in [0, 0.05) is 17.7 Å². The Hall–Kier alpha value is -2.56. The molecule has 0 saturated heterocycles. The predicted molar refractivity (Wildman–Crippen MR) is 115 cm³/mol. The van der Waals surface area contributed by atoms with Crippen LogP contribution in [0.4, 0.5) is 15.2 Å². The Labute approximate surface area is 182 Å². The van der Waals surface area contributed by atoms with Crippen molar-refractivity contribution in [2.45, 2.75) is 31.1 Å². The molecule has 30 heavy (non-hydrogen) atoms. The number of benzene rings is 2. The second-order valence-electron chi connectivity index (χ2n) is 6.32. The van der Waals surface area contributed by atoms with Crippen LogP contribution >= 0.6 is 22.9 Å². The standard InChI is InChI=1S/C19H18ClFN4O3S2/c1-2-3-4-17-23-24-19(29-17)22-18(26)12-5-10-15(20)16(11-12)30(27,28)25-14-8-6-13(21)7-9-14/h5-11,25H,2-4H2,1H3,(H,22,24,26). The SMILES string of the molecule is CCCCc1nnc(NC(=O)c2ccc(Cl)c(S(=O)(=O)Nc3ccc(F)cc3)c2)s1. The molecule has 0 saturated carbocycles. The monoisotopic (exact) mass is 468 g/mol. The molecule has 0 aliphatic carbocycles. The van der Waals surface area contributed by atoms with E-state index in [1.54, 1.807) is 0 Å². The van der Waals surface area contributed by atoms with Gasteiger partial charge in [0.2, 0.25) is 5.13 Å². The number of nitrogens with one attached hydrogen (secondary N) is 2. The Morgan fingerprint density at radius 2 is 1.90 bits per heavy atom. The fraction of sp³-hybridized carbons (Fsp3) is 0.211. The van der Waals surface area contributed by atoms with E-state index >= 15 is 0 Å². The number of carbonyl (C=O) groups excluding carboxylic acids is 1. The Morgan fingerprint density at radius 3 is 2.60 bits per heavy atom. The van der Waals surface area contributed by atoms with Crippen LogP contribution in [0.1, 0.15) is 35.1 Å². The Kier molecular flexibility index (Phi) is 7.01. The fourth-order valence-corrected chi connectivity index (χ4v) is 4.84. The summed E-state index contributed by atoms with van der Waals surface area (Å²) in [6.45, 7) is 2.07. The normalized spacial score (nSPS) is 11.3. The highest BCUT2D eigenvalue weighted by molar-refractivity contribution is 7.92. The molecule has 0 bridgehead atoms. The van der Waals surface area contributed by atoms with Crippen LogP contribution in [0.2, 0.25) is 5.02 Å². The third-order valence-corrected chi connectivity index (χ3v) is 6.77. The molecule has 2 N–H and O–H groups in total. The summed E-state index contributed by atoms with van der Waals surface area (Å²) in [6.07, 6.45) is 2.78. The van der Waals surface area contributed by atoms with Gasteiger partial charge in [-0.1, -0.05) is 36.3 Å². The predicted octanol–water partition coefficient (Wildman–Crippen LogP) is 4.73. The first-order valence-electron chi connectivity index (χ1n) is 9.00. The van der Waals surface area contributed by atoms with E-state index in [1.165, 1.54) is 41.7 Å². The Balaban J connectivity index is 1.79. The highest BCUT2D eigenvalue weighted by Crippen LogP contribution is 2.26. The molecule has 1 aromatic heterocycles. The molecule has 0 aliphatic heterocycles. The van der Waals surface area contributed by atoms with Crippen LogP contribution in [0.25, 0.3) is 0 Å². The van der Waals surface area contributed by atoms with Gasteiger partial charge in [-0.25, -0.2) is 12.8 Å². The minimum atomic E-state index is -4.10. The van der Waals surface area contributed by atoms with E-state index in [9.17, 15) is 17.6 Å². The molecule has 3 aromatic rings. The van der Waals surface area contributed by atoms with Gasteiger partial charge < -0.3 is 0 Å². The summed E-state index contributed by atoms with van der Waals surface area (Å²) < 4.78 is 40.8. The summed E-state index contributed by atoms with van der Waals surface area (Å²) in [7, 11) is -4.10. The zero-order valence-electron chi connectivity index (χ0n) is 15.9. The number of carbonyl (C=O) groups is 1. The van der Waals surface area contributed by atoms with E-state index in [4.69, 9.17) is 11.6 Å². The maximum atomic E-state index is 13.0. The molecule has 2 aromatic carbocycles. The maximum absolute atomic E-state index is 13.0. The number of anilines is 2. The smallest absolute Gasteiger partial charge is 0.263 e. The quantitative estimate of drug-likeness (QED) is 0.497. The highest BCUT2D eigenvalue weighted by Gasteiger charge is 2.21. The van der Waals surface area contributed by atoms with Gasteiger partial charge in [0.25, 0.3) is 15.9 Å². The van der Waals surface area contributed by atoms with Gasteiger partial charge in [-0.05, 0) is 48.9 Å². The summed E-state index contributed by atoms with van der Waals surface area (Å²) in [5.41, 5.74) is 0.250. The number of nitrogens with zero attached hydrogens (tertiary/aromatic N) is 2. The molecule has 0 aliphatic rings. The molecule has 0 atom stereocenters. The van der Waals surface area contributed by atoms with Crippen molar-refractivity contribution in [2.75, 3.05) is 10.0 Å². The Bertz CT molecular complexity index is 1150. The lowest BCUT2D eigenvalue weighted by Crippen LogP contribution is -2.16. The third kappa shape index (κ3) is 5.53. The zero-order valence-corrected chi connectivity index (χ0v) is 18.2. The summed E-state index contributed by atoms with van der Waals surface area (Å²) in [4.78, 5) is 12.3. The van der Waals surface area contributed by atoms with Crippen LogP contribution in [0.3, 0.4) is 0 Å². The van der Waals surface area contributed by atoms with Gasteiger partial charge >= 0.3 is 0 Å². The molecule has 0 unspecified atom stereocenters. The molecular weight excluding hydrogens is 451 g/mol. The van der Waals surface area contributed by atoms with Crippen LogP contribution in [0.5, 0.6) is 0 Å². The van der Waals surface area contributed by atoms with Crippen molar-refractivity contribution in [3.8, 4) is 0 Å². The molecule has 158 valence electrons. The lowest BCUT2D eigenvalue weighted by atomic mass is 10.2. The number of rotatable bonds is 8. The second-order valence-corrected chi connectivity index (χ2v) is 9.44. The lowest BCUT2D eigenvalue weighted by Gasteiger charge is -2.11. The number of amides is 1. The average Bonchev–Trinajstić information content (AvgIpc) is 3.15.